The van der Waals surface area contributed by atoms with Crippen LogP contribution in [-0.4, -0.2) is 40.4 Å². The first kappa shape index (κ1) is 20.3. The van der Waals surface area contributed by atoms with Gasteiger partial charge < -0.3 is 14.8 Å². The largest absolute Gasteiger partial charge is 0.466 e. The fraction of sp³-hybridized carbons (Fsp3) is 0.217. The Bertz CT molecular complexity index is 1330. The molecule has 1 N–H and O–H groups in total. The molecule has 4 rings (SSSR count). The van der Waals surface area contributed by atoms with E-state index in [0.29, 0.717) is 17.2 Å². The average Bonchev–Trinajstić information content (AvgIpc) is 3.07. The standard InChI is InChI=1S/C23H22N4O4/c1-13-9-14(2)24-21-20(13)22(26-27(21)3)31-12-19(28)25-18-11-16-8-6-5-7-15(16)10-17(18)23(29)30-4/h5-11H,12H2,1-4H3,(H,25,28). The second-order valence-electron chi connectivity index (χ2n) is 7.28. The van der Waals surface area contributed by atoms with Crippen molar-refractivity contribution in [1.29, 1.82) is 0 Å². The van der Waals surface area contributed by atoms with E-state index in [1.807, 2.05) is 44.2 Å². The fourth-order valence-corrected chi connectivity index (χ4v) is 3.59. The van der Waals surface area contributed by atoms with Crippen molar-refractivity contribution in [3.63, 3.8) is 0 Å². The summed E-state index contributed by atoms with van der Waals surface area (Å²) in [4.78, 5) is 29.3. The number of rotatable bonds is 5. The van der Waals surface area contributed by atoms with Gasteiger partial charge >= 0.3 is 5.97 Å². The molecular formula is C23H22N4O4. The van der Waals surface area contributed by atoms with Gasteiger partial charge in [0.05, 0.1) is 23.7 Å². The number of nitrogens with zero attached hydrogens (tertiary/aromatic N) is 3. The van der Waals surface area contributed by atoms with E-state index < -0.39 is 11.9 Å². The molecule has 0 radical (unpaired) electrons. The molecule has 0 unspecified atom stereocenters. The lowest BCUT2D eigenvalue weighted by Gasteiger charge is -2.12. The summed E-state index contributed by atoms with van der Waals surface area (Å²) in [5.41, 5.74) is 3.17. The Labute approximate surface area is 178 Å². The Balaban J connectivity index is 1.58. The molecule has 0 bridgehead atoms. The van der Waals surface area contributed by atoms with Crippen LogP contribution < -0.4 is 10.1 Å². The number of aromatic nitrogens is 3. The van der Waals surface area contributed by atoms with E-state index in [0.717, 1.165) is 27.4 Å². The van der Waals surface area contributed by atoms with Crippen molar-refractivity contribution in [3.05, 3.63) is 59.3 Å². The van der Waals surface area contributed by atoms with Crippen molar-refractivity contribution >= 4 is 39.4 Å². The third-order valence-electron chi connectivity index (χ3n) is 4.99. The Morgan fingerprint density at radius 3 is 2.52 bits per heavy atom. The van der Waals surface area contributed by atoms with Crippen LogP contribution in [0.25, 0.3) is 21.8 Å². The number of hydrogen-bond acceptors (Lipinski definition) is 6. The lowest BCUT2D eigenvalue weighted by atomic mass is 10.0. The van der Waals surface area contributed by atoms with Gasteiger partial charge in [0.25, 0.3) is 5.91 Å². The summed E-state index contributed by atoms with van der Waals surface area (Å²) in [7, 11) is 3.08. The first-order valence-electron chi connectivity index (χ1n) is 9.72. The van der Waals surface area contributed by atoms with Gasteiger partial charge in [-0.15, -0.1) is 5.10 Å². The van der Waals surface area contributed by atoms with E-state index in [4.69, 9.17) is 9.47 Å². The molecule has 8 heteroatoms. The Morgan fingerprint density at radius 1 is 1.10 bits per heavy atom. The highest BCUT2D eigenvalue weighted by molar-refractivity contribution is 6.06. The zero-order chi connectivity index (χ0) is 22.1. The smallest absolute Gasteiger partial charge is 0.339 e. The second-order valence-corrected chi connectivity index (χ2v) is 7.28. The maximum absolute atomic E-state index is 12.6. The van der Waals surface area contributed by atoms with Crippen molar-refractivity contribution in [1.82, 2.24) is 14.8 Å². The highest BCUT2D eigenvalue weighted by Crippen LogP contribution is 2.28. The monoisotopic (exact) mass is 418 g/mol. The molecule has 1 amide bonds. The topological polar surface area (TPSA) is 95.3 Å². The minimum absolute atomic E-state index is 0.271. The first-order valence-corrected chi connectivity index (χ1v) is 9.72. The van der Waals surface area contributed by atoms with Crippen LogP contribution in [0.5, 0.6) is 5.88 Å². The Hall–Kier alpha value is -3.94. The quantitative estimate of drug-likeness (QED) is 0.498. The number of hydrogen-bond donors (Lipinski definition) is 1. The fourth-order valence-electron chi connectivity index (χ4n) is 3.59. The van der Waals surface area contributed by atoms with Gasteiger partial charge in [0.1, 0.15) is 0 Å². The van der Waals surface area contributed by atoms with Gasteiger partial charge in [-0.1, -0.05) is 24.3 Å². The molecule has 0 saturated carbocycles. The number of nitrogens with one attached hydrogen (secondary N) is 1. The molecule has 158 valence electrons. The highest BCUT2D eigenvalue weighted by Gasteiger charge is 2.18. The summed E-state index contributed by atoms with van der Waals surface area (Å²) in [5, 5.41) is 9.62. The van der Waals surface area contributed by atoms with E-state index in [2.05, 4.69) is 15.4 Å². The number of fused-ring (bicyclic) bond motifs is 2. The van der Waals surface area contributed by atoms with E-state index in [1.165, 1.54) is 7.11 Å². The van der Waals surface area contributed by atoms with Gasteiger partial charge in [-0.25, -0.2) is 14.5 Å². The molecule has 0 aliphatic carbocycles. The first-order chi connectivity index (χ1) is 14.9. The predicted molar refractivity (Wildman–Crippen MR) is 117 cm³/mol. The van der Waals surface area contributed by atoms with E-state index in [9.17, 15) is 9.59 Å². The molecule has 0 saturated heterocycles. The molecule has 0 aliphatic rings. The van der Waals surface area contributed by atoms with Crippen molar-refractivity contribution in [3.8, 4) is 5.88 Å². The van der Waals surface area contributed by atoms with Crippen LogP contribution in [-0.2, 0) is 16.6 Å². The SMILES string of the molecule is COC(=O)c1cc2ccccc2cc1NC(=O)COc1nn(C)c2nc(C)cc(C)c12. The van der Waals surface area contributed by atoms with Crippen LogP contribution in [0.1, 0.15) is 21.6 Å². The molecule has 8 nitrogen and oxygen atoms in total. The molecular weight excluding hydrogens is 396 g/mol. The number of methoxy groups -OCH3 is 1. The summed E-state index contributed by atoms with van der Waals surface area (Å²) in [5.74, 6) is -0.615. The molecule has 0 fully saturated rings. The van der Waals surface area contributed by atoms with Crippen molar-refractivity contribution in [2.45, 2.75) is 13.8 Å². The van der Waals surface area contributed by atoms with Gasteiger partial charge in [0.15, 0.2) is 12.3 Å². The number of pyridine rings is 1. The van der Waals surface area contributed by atoms with Crippen LogP contribution >= 0.6 is 0 Å². The molecule has 2 aromatic heterocycles. The van der Waals surface area contributed by atoms with E-state index >= 15 is 0 Å². The number of carbonyl (C=O) groups excluding carboxylic acids is 2. The van der Waals surface area contributed by atoms with Crippen molar-refractivity contribution in [2.75, 3.05) is 19.0 Å². The predicted octanol–water partition coefficient (Wildman–Crippen LogP) is 3.54. The summed E-state index contributed by atoms with van der Waals surface area (Å²) in [6.45, 7) is 3.59. The van der Waals surface area contributed by atoms with Crippen LogP contribution in [0, 0.1) is 13.8 Å². The molecule has 4 aromatic rings. The lowest BCUT2D eigenvalue weighted by Crippen LogP contribution is -2.22. The minimum Gasteiger partial charge on any atom is -0.466 e. The maximum atomic E-state index is 12.6. The van der Waals surface area contributed by atoms with E-state index in [-0.39, 0.29) is 12.2 Å². The Morgan fingerprint density at radius 2 is 1.81 bits per heavy atom. The number of ether oxygens (including phenoxy) is 2. The van der Waals surface area contributed by atoms with Crippen LogP contribution in [0.3, 0.4) is 0 Å². The number of anilines is 1. The van der Waals surface area contributed by atoms with E-state index in [1.54, 1.807) is 23.9 Å². The summed E-state index contributed by atoms with van der Waals surface area (Å²) >= 11 is 0. The zero-order valence-electron chi connectivity index (χ0n) is 17.7. The zero-order valence-corrected chi connectivity index (χ0v) is 17.7. The second kappa shape index (κ2) is 8.06. The lowest BCUT2D eigenvalue weighted by molar-refractivity contribution is -0.118. The number of carbonyl (C=O) groups is 2. The Kier molecular flexibility index (Phi) is 5.29. The number of amides is 1. The maximum Gasteiger partial charge on any atom is 0.339 e. The molecule has 2 aromatic carbocycles. The van der Waals surface area contributed by atoms with Gasteiger partial charge in [-0.05, 0) is 48.4 Å². The highest BCUT2D eigenvalue weighted by atomic mass is 16.5. The number of benzene rings is 2. The number of esters is 1. The van der Waals surface area contributed by atoms with Gasteiger partial charge in [-0.2, -0.15) is 0 Å². The van der Waals surface area contributed by atoms with Crippen LogP contribution in [0.2, 0.25) is 0 Å². The van der Waals surface area contributed by atoms with Gasteiger partial charge in [0.2, 0.25) is 5.88 Å². The summed E-state index contributed by atoms with van der Waals surface area (Å²) in [6.07, 6.45) is 0. The third kappa shape index (κ3) is 3.92. The van der Waals surface area contributed by atoms with Crippen molar-refractivity contribution in [2.24, 2.45) is 7.05 Å². The third-order valence-corrected chi connectivity index (χ3v) is 4.99. The molecule has 31 heavy (non-hydrogen) atoms. The molecule has 0 aliphatic heterocycles. The van der Waals surface area contributed by atoms with Gasteiger partial charge in [-0.3, -0.25) is 4.79 Å². The normalized spacial score (nSPS) is 11.0. The van der Waals surface area contributed by atoms with Crippen LogP contribution in [0.15, 0.2) is 42.5 Å². The van der Waals surface area contributed by atoms with Crippen molar-refractivity contribution < 1.29 is 19.1 Å². The molecule has 0 atom stereocenters. The summed E-state index contributed by atoms with van der Waals surface area (Å²) in [6, 6.07) is 12.9. The van der Waals surface area contributed by atoms with Crippen LogP contribution in [0.4, 0.5) is 5.69 Å². The summed E-state index contributed by atoms with van der Waals surface area (Å²) < 4.78 is 12.2. The molecule has 0 spiro atoms. The molecule has 2 heterocycles. The minimum atomic E-state index is -0.533. The average molecular weight is 418 g/mol. The van der Waals surface area contributed by atoms with Gasteiger partial charge in [0, 0.05) is 12.7 Å². The number of aryl methyl sites for hydroxylation is 3.